The molecule has 0 radical (unpaired) electrons. The normalized spacial score (nSPS) is 11.8. The lowest BCUT2D eigenvalue weighted by Crippen LogP contribution is -2.23. The van der Waals surface area contributed by atoms with Crippen LogP contribution in [0.1, 0.15) is 24.3 Å². The molecule has 0 aromatic heterocycles. The Hall–Kier alpha value is -1.20. The minimum atomic E-state index is -0.266. The number of benzene rings is 2. The molecule has 3 nitrogen and oxygen atoms in total. The van der Waals surface area contributed by atoms with E-state index in [0.717, 1.165) is 34.7 Å². The molecule has 6 heteroatoms. The van der Waals surface area contributed by atoms with E-state index in [0.29, 0.717) is 5.02 Å². The summed E-state index contributed by atoms with van der Waals surface area (Å²) >= 11 is 7.58. The summed E-state index contributed by atoms with van der Waals surface area (Å²) in [6.07, 6.45) is 1.69. The molecule has 0 spiro atoms. The van der Waals surface area contributed by atoms with E-state index in [9.17, 15) is 4.79 Å². The van der Waals surface area contributed by atoms with E-state index in [-0.39, 0.29) is 24.2 Å². The van der Waals surface area contributed by atoms with Crippen molar-refractivity contribution >= 4 is 41.7 Å². The zero-order valence-corrected chi connectivity index (χ0v) is 16.8. The van der Waals surface area contributed by atoms with E-state index >= 15 is 0 Å². The summed E-state index contributed by atoms with van der Waals surface area (Å²) in [5.41, 5.74) is 6.69. The first-order valence-electron chi connectivity index (χ1n) is 7.94. The van der Waals surface area contributed by atoms with Crippen LogP contribution in [0.4, 0.5) is 0 Å². The van der Waals surface area contributed by atoms with Gasteiger partial charge in [-0.2, -0.15) is 0 Å². The third-order valence-electron chi connectivity index (χ3n) is 3.78. The first-order valence-corrected chi connectivity index (χ1v) is 9.13. The second-order valence-corrected chi connectivity index (χ2v) is 7.55. The van der Waals surface area contributed by atoms with E-state index in [1.165, 1.54) is 0 Å². The van der Waals surface area contributed by atoms with Crippen LogP contribution in [-0.4, -0.2) is 31.4 Å². The highest BCUT2D eigenvalue weighted by Crippen LogP contribution is 2.35. The second-order valence-electron chi connectivity index (χ2n) is 5.99. The SMILES string of the molecule is CN(C)CCCC(C(N)=O)c1ccccc1Sc1ccc(Cl)cc1.Cl. The smallest absolute Gasteiger partial charge is 0.225 e. The maximum atomic E-state index is 12.0. The van der Waals surface area contributed by atoms with Crippen LogP contribution in [0.15, 0.2) is 58.3 Å². The largest absolute Gasteiger partial charge is 0.369 e. The molecule has 25 heavy (non-hydrogen) atoms. The fraction of sp³-hybridized carbons (Fsp3) is 0.316. The number of nitrogens with two attached hydrogens (primary N) is 1. The van der Waals surface area contributed by atoms with E-state index in [4.69, 9.17) is 17.3 Å². The van der Waals surface area contributed by atoms with Gasteiger partial charge < -0.3 is 10.6 Å². The molecule has 1 amide bonds. The topological polar surface area (TPSA) is 46.3 Å². The van der Waals surface area contributed by atoms with Crippen molar-refractivity contribution < 1.29 is 4.79 Å². The van der Waals surface area contributed by atoms with Gasteiger partial charge in [-0.25, -0.2) is 0 Å². The Labute approximate surface area is 165 Å². The molecule has 136 valence electrons. The molecule has 2 N–H and O–H groups in total. The van der Waals surface area contributed by atoms with Gasteiger partial charge in [0, 0.05) is 14.8 Å². The van der Waals surface area contributed by atoms with Gasteiger partial charge in [0.1, 0.15) is 0 Å². The summed E-state index contributed by atoms with van der Waals surface area (Å²) in [7, 11) is 4.06. The van der Waals surface area contributed by atoms with Gasteiger partial charge in [0.2, 0.25) is 5.91 Å². The lowest BCUT2D eigenvalue weighted by atomic mass is 9.93. The van der Waals surface area contributed by atoms with Gasteiger partial charge in [-0.05, 0) is 69.4 Å². The summed E-state index contributed by atoms with van der Waals surface area (Å²) in [4.78, 5) is 16.3. The van der Waals surface area contributed by atoms with Crippen molar-refractivity contribution in [2.75, 3.05) is 20.6 Å². The maximum Gasteiger partial charge on any atom is 0.225 e. The van der Waals surface area contributed by atoms with Crippen LogP contribution in [0.5, 0.6) is 0 Å². The van der Waals surface area contributed by atoms with Crippen LogP contribution in [0, 0.1) is 0 Å². The maximum absolute atomic E-state index is 12.0. The summed E-state index contributed by atoms with van der Waals surface area (Å²) in [6.45, 7) is 0.941. The standard InChI is InChI=1S/C19H23ClN2OS.ClH/c1-22(2)13-5-7-17(19(21)23)16-6-3-4-8-18(16)24-15-11-9-14(20)10-12-15;/h3-4,6,8-12,17H,5,7,13H2,1-2H3,(H2,21,23);1H. The van der Waals surface area contributed by atoms with Crippen molar-refractivity contribution in [1.29, 1.82) is 0 Å². The number of rotatable bonds is 8. The van der Waals surface area contributed by atoms with E-state index in [1.807, 2.05) is 62.6 Å². The number of primary amides is 1. The van der Waals surface area contributed by atoms with Crippen molar-refractivity contribution in [3.8, 4) is 0 Å². The summed E-state index contributed by atoms with van der Waals surface area (Å²) in [5, 5.41) is 0.714. The highest BCUT2D eigenvalue weighted by molar-refractivity contribution is 7.99. The third kappa shape index (κ3) is 6.90. The van der Waals surface area contributed by atoms with E-state index < -0.39 is 0 Å². The molecule has 0 aliphatic rings. The lowest BCUT2D eigenvalue weighted by Gasteiger charge is -2.18. The van der Waals surface area contributed by atoms with Gasteiger partial charge in [0.25, 0.3) is 0 Å². The van der Waals surface area contributed by atoms with Gasteiger partial charge in [0.15, 0.2) is 0 Å². The molecule has 2 rings (SSSR count). The zero-order valence-electron chi connectivity index (χ0n) is 14.4. The van der Waals surface area contributed by atoms with Gasteiger partial charge in [-0.1, -0.05) is 41.6 Å². The average Bonchev–Trinajstić information content (AvgIpc) is 2.54. The fourth-order valence-electron chi connectivity index (χ4n) is 2.55. The molecule has 0 heterocycles. The molecule has 0 aliphatic heterocycles. The van der Waals surface area contributed by atoms with Gasteiger partial charge in [0.05, 0.1) is 5.92 Å². The highest BCUT2D eigenvalue weighted by Gasteiger charge is 2.21. The summed E-state index contributed by atoms with van der Waals surface area (Å²) in [6, 6.07) is 15.7. The molecule has 0 saturated carbocycles. The van der Waals surface area contributed by atoms with Crippen molar-refractivity contribution in [3.63, 3.8) is 0 Å². The molecule has 2 aromatic rings. The zero-order chi connectivity index (χ0) is 17.5. The molecule has 0 bridgehead atoms. The molecule has 1 atom stereocenters. The molecule has 0 fully saturated rings. The Morgan fingerprint density at radius 2 is 1.80 bits per heavy atom. The van der Waals surface area contributed by atoms with Crippen LogP contribution in [0.3, 0.4) is 0 Å². The van der Waals surface area contributed by atoms with Crippen molar-refractivity contribution in [3.05, 3.63) is 59.1 Å². The Kier molecular flexibility index (Phi) is 9.36. The summed E-state index contributed by atoms with van der Waals surface area (Å²) in [5.74, 6) is -0.529. The van der Waals surface area contributed by atoms with Crippen LogP contribution in [0.25, 0.3) is 0 Å². The van der Waals surface area contributed by atoms with E-state index in [2.05, 4.69) is 4.90 Å². The number of hydrogen-bond donors (Lipinski definition) is 1. The minimum absolute atomic E-state index is 0. The second kappa shape index (κ2) is 10.7. The van der Waals surface area contributed by atoms with Gasteiger partial charge in [-0.15, -0.1) is 12.4 Å². The average molecular weight is 399 g/mol. The quantitative estimate of drug-likeness (QED) is 0.692. The van der Waals surface area contributed by atoms with Gasteiger partial charge in [-0.3, -0.25) is 4.79 Å². The predicted molar refractivity (Wildman–Crippen MR) is 109 cm³/mol. The highest BCUT2D eigenvalue weighted by atomic mass is 35.5. The number of hydrogen-bond acceptors (Lipinski definition) is 3. The number of nitrogens with zero attached hydrogens (tertiary/aromatic N) is 1. The fourth-order valence-corrected chi connectivity index (χ4v) is 3.68. The Balaban J connectivity index is 0.00000312. The lowest BCUT2D eigenvalue weighted by molar-refractivity contribution is -0.119. The predicted octanol–water partition coefficient (Wildman–Crippen LogP) is 4.82. The molecular weight excluding hydrogens is 375 g/mol. The molecule has 0 saturated heterocycles. The van der Waals surface area contributed by atoms with Crippen molar-refractivity contribution in [2.24, 2.45) is 5.73 Å². The van der Waals surface area contributed by atoms with Crippen molar-refractivity contribution in [2.45, 2.75) is 28.6 Å². The van der Waals surface area contributed by atoms with Gasteiger partial charge >= 0.3 is 0 Å². The van der Waals surface area contributed by atoms with Crippen LogP contribution >= 0.6 is 35.8 Å². The number of carbonyl (C=O) groups is 1. The molecule has 0 aliphatic carbocycles. The number of halogens is 2. The Bertz CT molecular complexity index is 677. The number of carbonyl (C=O) groups excluding carboxylic acids is 1. The van der Waals surface area contributed by atoms with Crippen LogP contribution in [-0.2, 0) is 4.79 Å². The monoisotopic (exact) mass is 398 g/mol. The minimum Gasteiger partial charge on any atom is -0.369 e. The van der Waals surface area contributed by atoms with Crippen LogP contribution in [0.2, 0.25) is 5.02 Å². The molecular formula is C19H24Cl2N2OS. The third-order valence-corrected chi connectivity index (χ3v) is 5.13. The van der Waals surface area contributed by atoms with Crippen LogP contribution < -0.4 is 5.73 Å². The van der Waals surface area contributed by atoms with Crippen molar-refractivity contribution in [1.82, 2.24) is 4.90 Å². The Morgan fingerprint density at radius 1 is 1.16 bits per heavy atom. The first kappa shape index (κ1) is 21.8. The summed E-state index contributed by atoms with van der Waals surface area (Å²) < 4.78 is 0. The molecule has 2 aromatic carbocycles. The number of amides is 1. The Morgan fingerprint density at radius 3 is 2.40 bits per heavy atom. The first-order chi connectivity index (χ1) is 11.5. The van der Waals surface area contributed by atoms with E-state index in [1.54, 1.807) is 11.8 Å². The molecule has 1 unspecified atom stereocenters.